The van der Waals surface area contributed by atoms with Crippen molar-refractivity contribution in [2.24, 2.45) is 0 Å². The second-order valence-electron chi connectivity index (χ2n) is 4.81. The van der Waals surface area contributed by atoms with Gasteiger partial charge in [-0.3, -0.25) is 9.00 Å². The fourth-order valence-electron chi connectivity index (χ4n) is 2.07. The van der Waals surface area contributed by atoms with E-state index in [4.69, 9.17) is 16.1 Å². The Hall–Kier alpha value is -1.46. The van der Waals surface area contributed by atoms with E-state index in [1.165, 1.54) is 6.26 Å². The molecule has 104 valence electrons. The van der Waals surface area contributed by atoms with E-state index in [9.17, 15) is 9.00 Å². The van der Waals surface area contributed by atoms with E-state index in [0.29, 0.717) is 32.7 Å². The van der Waals surface area contributed by atoms with Crippen LogP contribution in [0.1, 0.15) is 40.4 Å². The Morgan fingerprint density at radius 3 is 2.75 bits per heavy atom. The number of rotatable bonds is 4. The number of benzene rings is 1. The monoisotopic (exact) mass is 309 g/mol. The third kappa shape index (κ3) is 2.43. The Morgan fingerprint density at radius 2 is 2.15 bits per heavy atom. The van der Waals surface area contributed by atoms with Crippen molar-refractivity contribution in [1.29, 1.82) is 0 Å². The Balaban J connectivity index is 1.98. The van der Waals surface area contributed by atoms with Crippen molar-refractivity contribution in [2.45, 2.75) is 23.7 Å². The Labute approximate surface area is 123 Å². The van der Waals surface area contributed by atoms with Gasteiger partial charge in [0.15, 0.2) is 5.78 Å². The lowest BCUT2D eigenvalue weighted by Crippen LogP contribution is -2.04. The van der Waals surface area contributed by atoms with Gasteiger partial charge in [-0.25, -0.2) is 0 Å². The van der Waals surface area contributed by atoms with Gasteiger partial charge in [0.2, 0.25) is 0 Å². The number of carbonyl (C=O) groups is 1. The van der Waals surface area contributed by atoms with Crippen molar-refractivity contribution >= 4 is 28.2 Å². The van der Waals surface area contributed by atoms with Gasteiger partial charge >= 0.3 is 0 Å². The van der Waals surface area contributed by atoms with Gasteiger partial charge in [0.25, 0.3) is 0 Å². The lowest BCUT2D eigenvalue weighted by atomic mass is 10.0. The van der Waals surface area contributed by atoms with Gasteiger partial charge < -0.3 is 4.52 Å². The van der Waals surface area contributed by atoms with Gasteiger partial charge in [0, 0.05) is 33.4 Å². The SMILES string of the molecule is CS(=O)c1ccc(C(=O)c2conc2C2CC2)c(Cl)c1. The summed E-state index contributed by atoms with van der Waals surface area (Å²) in [5.74, 6) is 0.125. The molecule has 1 aromatic carbocycles. The second kappa shape index (κ2) is 5.14. The molecule has 20 heavy (non-hydrogen) atoms. The molecule has 1 aliphatic rings. The van der Waals surface area contributed by atoms with E-state index in [1.807, 2.05) is 0 Å². The van der Waals surface area contributed by atoms with Gasteiger partial charge in [0.1, 0.15) is 6.26 Å². The maximum absolute atomic E-state index is 12.5. The first-order chi connectivity index (χ1) is 9.58. The van der Waals surface area contributed by atoms with Crippen LogP contribution in [0.5, 0.6) is 0 Å². The largest absolute Gasteiger partial charge is 0.364 e. The van der Waals surface area contributed by atoms with Crippen LogP contribution in [-0.2, 0) is 10.8 Å². The summed E-state index contributed by atoms with van der Waals surface area (Å²) < 4.78 is 16.3. The molecule has 0 spiro atoms. The third-order valence-corrected chi connectivity index (χ3v) is 4.55. The Kier molecular flexibility index (Phi) is 3.48. The molecule has 0 saturated heterocycles. The van der Waals surface area contributed by atoms with Crippen molar-refractivity contribution in [3.63, 3.8) is 0 Å². The average molecular weight is 310 g/mol. The molecule has 1 aromatic heterocycles. The summed E-state index contributed by atoms with van der Waals surface area (Å²) in [6.07, 6.45) is 5.01. The minimum Gasteiger partial charge on any atom is -0.364 e. The van der Waals surface area contributed by atoms with Gasteiger partial charge in [0.05, 0.1) is 16.3 Å². The van der Waals surface area contributed by atoms with E-state index in [0.717, 1.165) is 12.8 Å². The maximum Gasteiger partial charge on any atom is 0.199 e. The zero-order valence-corrected chi connectivity index (χ0v) is 12.3. The summed E-state index contributed by atoms with van der Waals surface area (Å²) >= 11 is 6.13. The molecule has 1 fully saturated rings. The molecule has 0 bridgehead atoms. The third-order valence-electron chi connectivity index (χ3n) is 3.32. The van der Waals surface area contributed by atoms with Crippen molar-refractivity contribution in [1.82, 2.24) is 5.16 Å². The number of carbonyl (C=O) groups excluding carboxylic acids is 1. The van der Waals surface area contributed by atoms with Gasteiger partial charge in [-0.1, -0.05) is 16.8 Å². The summed E-state index contributed by atoms with van der Waals surface area (Å²) in [5, 5.41) is 4.21. The number of halogens is 1. The molecule has 2 aromatic rings. The molecule has 0 N–H and O–H groups in total. The van der Waals surface area contributed by atoms with E-state index < -0.39 is 10.8 Å². The van der Waals surface area contributed by atoms with Gasteiger partial charge in [-0.05, 0) is 31.0 Å². The molecular formula is C14H12ClNO3S. The molecule has 6 heteroatoms. The Bertz CT molecular complexity index is 706. The summed E-state index contributed by atoms with van der Waals surface area (Å²) in [5.41, 5.74) is 1.57. The number of hydrogen-bond donors (Lipinski definition) is 0. The molecule has 4 nitrogen and oxygen atoms in total. The van der Waals surface area contributed by atoms with Crippen LogP contribution in [0.3, 0.4) is 0 Å². The average Bonchev–Trinajstić information content (AvgIpc) is 3.15. The zero-order valence-electron chi connectivity index (χ0n) is 10.8. The Morgan fingerprint density at radius 1 is 1.40 bits per heavy atom. The normalized spacial score (nSPS) is 16.1. The van der Waals surface area contributed by atoms with Gasteiger partial charge in [-0.15, -0.1) is 0 Å². The smallest absolute Gasteiger partial charge is 0.199 e. The van der Waals surface area contributed by atoms with Crippen LogP contribution in [0.15, 0.2) is 33.9 Å². The van der Waals surface area contributed by atoms with Gasteiger partial charge in [-0.2, -0.15) is 0 Å². The number of aromatic nitrogens is 1. The van der Waals surface area contributed by atoms with E-state index in [1.54, 1.807) is 24.5 Å². The van der Waals surface area contributed by atoms with Crippen LogP contribution in [-0.4, -0.2) is 21.4 Å². The molecule has 3 rings (SSSR count). The number of ketones is 1. The minimum absolute atomic E-state index is 0.202. The van der Waals surface area contributed by atoms with Crippen LogP contribution in [0, 0.1) is 0 Å². The standard InChI is InChI=1S/C14H12ClNO3S/c1-20(18)9-4-5-10(12(15)6-9)14(17)11-7-19-16-13(11)8-2-3-8/h4-8H,2-3H2,1H3. The van der Waals surface area contributed by atoms with Crippen LogP contribution in [0.4, 0.5) is 0 Å². The van der Waals surface area contributed by atoms with Crippen molar-refractivity contribution in [3.8, 4) is 0 Å². The summed E-state index contributed by atoms with van der Waals surface area (Å²) in [6.45, 7) is 0. The lowest BCUT2D eigenvalue weighted by Gasteiger charge is -2.04. The highest BCUT2D eigenvalue weighted by atomic mass is 35.5. The molecule has 1 aliphatic carbocycles. The van der Waals surface area contributed by atoms with Crippen molar-refractivity contribution < 1.29 is 13.5 Å². The van der Waals surface area contributed by atoms with Crippen molar-refractivity contribution in [2.75, 3.05) is 6.26 Å². The first kappa shape index (κ1) is 13.5. The van der Waals surface area contributed by atoms with Crippen LogP contribution < -0.4 is 0 Å². The number of hydrogen-bond acceptors (Lipinski definition) is 4. The lowest BCUT2D eigenvalue weighted by molar-refractivity contribution is 0.103. The van der Waals surface area contributed by atoms with E-state index in [-0.39, 0.29) is 5.78 Å². The topological polar surface area (TPSA) is 60.2 Å². The van der Waals surface area contributed by atoms with Crippen LogP contribution >= 0.6 is 11.6 Å². The van der Waals surface area contributed by atoms with Crippen LogP contribution in [0.25, 0.3) is 0 Å². The first-order valence-corrected chi connectivity index (χ1v) is 8.13. The summed E-state index contributed by atoms with van der Waals surface area (Å²) in [4.78, 5) is 13.1. The molecular weight excluding hydrogens is 298 g/mol. The maximum atomic E-state index is 12.5. The quantitative estimate of drug-likeness (QED) is 0.814. The zero-order chi connectivity index (χ0) is 14.3. The summed E-state index contributed by atoms with van der Waals surface area (Å²) in [6, 6.07) is 4.82. The highest BCUT2D eigenvalue weighted by Crippen LogP contribution is 2.41. The van der Waals surface area contributed by atoms with Crippen molar-refractivity contribution in [3.05, 3.63) is 46.3 Å². The fraction of sp³-hybridized carbons (Fsp3) is 0.286. The molecule has 1 saturated carbocycles. The van der Waals surface area contributed by atoms with E-state index in [2.05, 4.69) is 5.16 Å². The highest BCUT2D eigenvalue weighted by Gasteiger charge is 2.32. The first-order valence-electron chi connectivity index (χ1n) is 6.20. The second-order valence-corrected chi connectivity index (χ2v) is 6.60. The molecule has 1 unspecified atom stereocenters. The molecule has 1 atom stereocenters. The summed E-state index contributed by atoms with van der Waals surface area (Å²) in [7, 11) is -1.13. The van der Waals surface area contributed by atoms with E-state index >= 15 is 0 Å². The molecule has 1 heterocycles. The highest BCUT2D eigenvalue weighted by molar-refractivity contribution is 7.84. The predicted octanol–water partition coefficient (Wildman–Crippen LogP) is 3.17. The minimum atomic E-state index is -1.13. The predicted molar refractivity (Wildman–Crippen MR) is 75.7 cm³/mol. The van der Waals surface area contributed by atoms with Crippen LogP contribution in [0.2, 0.25) is 5.02 Å². The fourth-order valence-corrected chi connectivity index (χ4v) is 2.94. The number of nitrogens with zero attached hydrogens (tertiary/aromatic N) is 1. The molecule has 0 aliphatic heterocycles. The molecule has 0 amide bonds. The molecule has 0 radical (unpaired) electrons.